The van der Waals surface area contributed by atoms with E-state index in [0.717, 1.165) is 23.1 Å². The summed E-state index contributed by atoms with van der Waals surface area (Å²) < 4.78 is 29.6. The summed E-state index contributed by atoms with van der Waals surface area (Å²) in [7, 11) is 2.85. The van der Waals surface area contributed by atoms with Crippen LogP contribution in [0.15, 0.2) is 42.5 Å². The van der Waals surface area contributed by atoms with Crippen LogP contribution in [0.4, 0.5) is 10.1 Å². The Balaban J connectivity index is 1.95. The van der Waals surface area contributed by atoms with Gasteiger partial charge in [0.2, 0.25) is 11.7 Å². The van der Waals surface area contributed by atoms with Gasteiger partial charge in [0.15, 0.2) is 11.5 Å². The van der Waals surface area contributed by atoms with Crippen molar-refractivity contribution in [2.45, 2.75) is 6.61 Å². The van der Waals surface area contributed by atoms with E-state index in [1.165, 1.54) is 14.2 Å². The van der Waals surface area contributed by atoms with Crippen LogP contribution in [0.3, 0.4) is 0 Å². The molecule has 3 rings (SSSR count). The fourth-order valence-electron chi connectivity index (χ4n) is 2.51. The molecule has 0 unspecified atom stereocenters. The Labute approximate surface area is 148 Å². The van der Waals surface area contributed by atoms with Crippen molar-refractivity contribution in [1.82, 2.24) is 4.98 Å². The number of nitro benzene ring substituents is 1. The lowest BCUT2D eigenvalue weighted by Crippen LogP contribution is -2.02. The topological polar surface area (TPSA) is 83.7 Å². The molecule has 3 aromatic rings. The lowest BCUT2D eigenvalue weighted by atomic mass is 10.1. The molecule has 1 heterocycles. The minimum atomic E-state index is -0.990. The first-order valence-electron chi connectivity index (χ1n) is 7.61. The van der Waals surface area contributed by atoms with Crippen LogP contribution in [-0.2, 0) is 6.61 Å². The molecule has 8 heteroatoms. The first-order chi connectivity index (χ1) is 12.5. The van der Waals surface area contributed by atoms with Crippen LogP contribution in [0.25, 0.3) is 10.9 Å². The van der Waals surface area contributed by atoms with Crippen molar-refractivity contribution in [1.29, 1.82) is 0 Å². The molecule has 0 fully saturated rings. The fraction of sp³-hybridized carbons (Fsp3) is 0.167. The van der Waals surface area contributed by atoms with Gasteiger partial charge in [0, 0.05) is 23.1 Å². The number of methoxy groups -OCH3 is 2. The Morgan fingerprint density at radius 1 is 1.12 bits per heavy atom. The molecule has 2 aromatic carbocycles. The van der Waals surface area contributed by atoms with Crippen LogP contribution in [0, 0.1) is 15.9 Å². The minimum absolute atomic E-state index is 0.0661. The van der Waals surface area contributed by atoms with E-state index in [9.17, 15) is 14.5 Å². The van der Waals surface area contributed by atoms with Crippen LogP contribution in [-0.4, -0.2) is 24.1 Å². The normalized spacial score (nSPS) is 10.6. The number of nitro groups is 1. The molecule has 134 valence electrons. The van der Waals surface area contributed by atoms with Crippen molar-refractivity contribution in [3.8, 4) is 17.4 Å². The lowest BCUT2D eigenvalue weighted by molar-refractivity contribution is -0.387. The standard InChI is InChI=1S/C18H15FN2O5/c1-24-15-8-13(19)14(21(22)23)9-16(15)26-10-12-5-3-4-11-6-7-17(25-2)20-18(11)12/h3-9H,10H2,1-2H3. The number of nitrogens with zero attached hydrogens (tertiary/aromatic N) is 2. The number of hydrogen-bond donors (Lipinski definition) is 0. The molecule has 7 nitrogen and oxygen atoms in total. The summed E-state index contributed by atoms with van der Waals surface area (Å²) in [4.78, 5) is 14.5. The highest BCUT2D eigenvalue weighted by Crippen LogP contribution is 2.34. The van der Waals surface area contributed by atoms with Gasteiger partial charge in [0.1, 0.15) is 6.61 Å². The number of halogens is 1. The average molecular weight is 358 g/mol. The first kappa shape index (κ1) is 17.4. The van der Waals surface area contributed by atoms with Crippen LogP contribution in [0.5, 0.6) is 17.4 Å². The Kier molecular flexibility index (Phi) is 4.83. The predicted molar refractivity (Wildman–Crippen MR) is 92.2 cm³/mol. The van der Waals surface area contributed by atoms with Gasteiger partial charge in [-0.3, -0.25) is 10.1 Å². The number of fused-ring (bicyclic) bond motifs is 1. The van der Waals surface area contributed by atoms with Gasteiger partial charge in [0.05, 0.1) is 30.7 Å². The van der Waals surface area contributed by atoms with E-state index in [1.54, 1.807) is 6.07 Å². The van der Waals surface area contributed by atoms with E-state index in [0.29, 0.717) is 11.4 Å². The molecule has 0 aliphatic heterocycles. The second-order valence-electron chi connectivity index (χ2n) is 5.34. The summed E-state index contributed by atoms with van der Waals surface area (Å²) in [5.41, 5.74) is 0.747. The Bertz CT molecular complexity index is 977. The smallest absolute Gasteiger partial charge is 0.308 e. The van der Waals surface area contributed by atoms with Crippen LogP contribution >= 0.6 is 0 Å². The van der Waals surface area contributed by atoms with E-state index in [1.807, 2.05) is 24.3 Å². The Morgan fingerprint density at radius 3 is 2.62 bits per heavy atom. The zero-order valence-corrected chi connectivity index (χ0v) is 14.1. The quantitative estimate of drug-likeness (QED) is 0.491. The molecule has 0 spiro atoms. The molecule has 0 amide bonds. The number of ether oxygens (including phenoxy) is 3. The fourth-order valence-corrected chi connectivity index (χ4v) is 2.51. The zero-order chi connectivity index (χ0) is 18.7. The average Bonchev–Trinajstić information content (AvgIpc) is 2.65. The number of hydrogen-bond acceptors (Lipinski definition) is 6. The van der Waals surface area contributed by atoms with Crippen molar-refractivity contribution >= 4 is 16.6 Å². The maximum atomic E-state index is 13.7. The van der Waals surface area contributed by atoms with Gasteiger partial charge in [-0.05, 0) is 6.07 Å². The third-order valence-corrected chi connectivity index (χ3v) is 3.80. The third kappa shape index (κ3) is 3.34. The second-order valence-corrected chi connectivity index (χ2v) is 5.34. The van der Waals surface area contributed by atoms with E-state index in [4.69, 9.17) is 14.2 Å². The van der Waals surface area contributed by atoms with Gasteiger partial charge < -0.3 is 14.2 Å². The Morgan fingerprint density at radius 2 is 1.92 bits per heavy atom. The summed E-state index contributed by atoms with van der Waals surface area (Å²) in [6.45, 7) is 0.0661. The molecule has 0 bridgehead atoms. The zero-order valence-electron chi connectivity index (χ0n) is 14.1. The number of rotatable bonds is 6. The largest absolute Gasteiger partial charge is 0.493 e. The third-order valence-electron chi connectivity index (χ3n) is 3.80. The van der Waals surface area contributed by atoms with Crippen molar-refractivity contribution in [2.75, 3.05) is 14.2 Å². The highest BCUT2D eigenvalue weighted by molar-refractivity contribution is 5.82. The molecule has 0 N–H and O–H groups in total. The van der Waals surface area contributed by atoms with Crippen molar-refractivity contribution in [3.63, 3.8) is 0 Å². The van der Waals surface area contributed by atoms with Gasteiger partial charge >= 0.3 is 5.69 Å². The molecule has 0 aliphatic carbocycles. The van der Waals surface area contributed by atoms with Crippen molar-refractivity contribution in [3.05, 3.63) is 64.0 Å². The molecule has 1 aromatic heterocycles. The second kappa shape index (κ2) is 7.22. The molecular formula is C18H15FN2O5. The molecule has 0 aliphatic rings. The van der Waals surface area contributed by atoms with Gasteiger partial charge in [0.25, 0.3) is 0 Å². The van der Waals surface area contributed by atoms with Gasteiger partial charge in [-0.1, -0.05) is 18.2 Å². The molecule has 26 heavy (non-hydrogen) atoms. The van der Waals surface area contributed by atoms with Crippen LogP contribution < -0.4 is 14.2 Å². The summed E-state index contributed by atoms with van der Waals surface area (Å²) in [6, 6.07) is 11.1. The number of benzene rings is 2. The molecule has 0 saturated heterocycles. The minimum Gasteiger partial charge on any atom is -0.493 e. The summed E-state index contributed by atoms with van der Waals surface area (Å²) in [5, 5.41) is 11.8. The molecule has 0 radical (unpaired) electrons. The summed E-state index contributed by atoms with van der Waals surface area (Å²) in [5.74, 6) is -0.393. The summed E-state index contributed by atoms with van der Waals surface area (Å²) >= 11 is 0. The van der Waals surface area contributed by atoms with Gasteiger partial charge in [-0.2, -0.15) is 4.39 Å². The highest BCUT2D eigenvalue weighted by Gasteiger charge is 2.20. The number of para-hydroxylation sites is 1. The maximum absolute atomic E-state index is 13.7. The lowest BCUT2D eigenvalue weighted by Gasteiger charge is -2.12. The van der Waals surface area contributed by atoms with Crippen molar-refractivity contribution in [2.24, 2.45) is 0 Å². The molecule has 0 saturated carbocycles. The monoisotopic (exact) mass is 358 g/mol. The highest BCUT2D eigenvalue weighted by atomic mass is 19.1. The van der Waals surface area contributed by atoms with Crippen LogP contribution in [0.2, 0.25) is 0 Å². The van der Waals surface area contributed by atoms with Crippen LogP contribution in [0.1, 0.15) is 5.56 Å². The first-order valence-corrected chi connectivity index (χ1v) is 7.61. The SMILES string of the molecule is COc1ccc2cccc(COc3cc([N+](=O)[O-])c(F)cc3OC)c2n1. The van der Waals surface area contributed by atoms with E-state index in [2.05, 4.69) is 4.98 Å². The number of aromatic nitrogens is 1. The molecular weight excluding hydrogens is 343 g/mol. The van der Waals surface area contributed by atoms with Gasteiger partial charge in [-0.15, -0.1) is 0 Å². The van der Waals surface area contributed by atoms with Gasteiger partial charge in [-0.25, -0.2) is 4.98 Å². The Hall–Kier alpha value is -3.42. The summed E-state index contributed by atoms with van der Waals surface area (Å²) in [6.07, 6.45) is 0. The van der Waals surface area contributed by atoms with E-state index < -0.39 is 16.4 Å². The van der Waals surface area contributed by atoms with E-state index >= 15 is 0 Å². The molecule has 0 atom stereocenters. The predicted octanol–water partition coefficient (Wildman–Crippen LogP) is 3.88. The maximum Gasteiger partial charge on any atom is 0.308 e. The van der Waals surface area contributed by atoms with Crippen molar-refractivity contribution < 1.29 is 23.5 Å². The number of pyridine rings is 1. The van der Waals surface area contributed by atoms with E-state index in [-0.39, 0.29) is 18.1 Å².